The number of carbonyl (C=O) groups is 1. The van der Waals surface area contributed by atoms with E-state index >= 15 is 0 Å². The summed E-state index contributed by atoms with van der Waals surface area (Å²) in [5, 5.41) is 0. The lowest BCUT2D eigenvalue weighted by Gasteiger charge is -2.28. The molecule has 0 radical (unpaired) electrons. The average molecular weight is 437 g/mol. The van der Waals surface area contributed by atoms with E-state index < -0.39 is 0 Å². The Morgan fingerprint density at radius 3 is 1.46 bits per heavy atom. The van der Waals surface area contributed by atoms with Gasteiger partial charge in [-0.15, -0.1) is 0 Å². The third kappa shape index (κ3) is 20.2. The fraction of sp³-hybridized carbons (Fsp3) is 0.955. The van der Waals surface area contributed by atoms with Gasteiger partial charge >= 0.3 is 5.97 Å². The van der Waals surface area contributed by atoms with Crippen molar-refractivity contribution >= 4 is 5.97 Å². The van der Waals surface area contributed by atoms with E-state index in [0.717, 1.165) is 11.0 Å². The Kier molecular flexibility index (Phi) is 21.3. The molecule has 0 saturated carbocycles. The van der Waals surface area contributed by atoms with Crippen LogP contribution in [-0.2, 0) is 9.53 Å². The van der Waals surface area contributed by atoms with Gasteiger partial charge in [0, 0.05) is 0 Å². The summed E-state index contributed by atoms with van der Waals surface area (Å²) >= 11 is 0. The molecule has 0 aromatic rings. The van der Waals surface area contributed by atoms with E-state index in [1.165, 1.54) is 89.9 Å². The van der Waals surface area contributed by atoms with Crippen LogP contribution in [0.25, 0.3) is 0 Å². The first-order valence-corrected chi connectivity index (χ1v) is 11.0. The molecule has 0 aliphatic heterocycles. The Labute approximate surface area is 174 Å². The van der Waals surface area contributed by atoms with Crippen LogP contribution in [0.5, 0.6) is 0 Å². The van der Waals surface area contributed by atoms with Crippen molar-refractivity contribution < 1.29 is 31.0 Å². The fourth-order valence-corrected chi connectivity index (χ4v) is 3.37. The van der Waals surface area contributed by atoms with E-state index in [9.17, 15) is 4.79 Å². The first-order valence-electron chi connectivity index (χ1n) is 11.0. The Morgan fingerprint density at radius 2 is 1.08 bits per heavy atom. The van der Waals surface area contributed by atoms with E-state index in [1.807, 2.05) is 6.92 Å². The van der Waals surface area contributed by atoms with Crippen LogP contribution in [0.15, 0.2) is 0 Å². The van der Waals surface area contributed by atoms with Gasteiger partial charge in [-0.25, -0.2) is 4.79 Å². The van der Waals surface area contributed by atoms with Gasteiger partial charge in [0.1, 0.15) is 0 Å². The third-order valence-corrected chi connectivity index (χ3v) is 4.98. The summed E-state index contributed by atoms with van der Waals surface area (Å²) in [7, 11) is 4.25. The third-order valence-electron chi connectivity index (χ3n) is 4.98. The second kappa shape index (κ2) is 19.7. The van der Waals surface area contributed by atoms with Crippen molar-refractivity contribution in [2.24, 2.45) is 0 Å². The number of ether oxygens (including phenoxy) is 1. The zero-order valence-corrected chi connectivity index (χ0v) is 19.7. The van der Waals surface area contributed by atoms with Gasteiger partial charge in [0.05, 0.1) is 27.2 Å². The SMILES string of the molecule is CCCCCCCCCCCCCCCC[N+](C)(C)CC(=O)OCC.[Br-]. The molecule has 3 nitrogen and oxygen atoms in total. The molecule has 0 aliphatic rings. The van der Waals surface area contributed by atoms with Crippen LogP contribution in [0.2, 0.25) is 0 Å². The standard InChI is InChI=1S/C22H46NO2.BrH/c1-5-7-8-9-10-11-12-13-14-15-16-17-18-19-20-23(3,4)21-22(24)25-6-2;/h5-21H2,1-4H3;1H/q+1;/p-1. The molecule has 0 heterocycles. The van der Waals surface area contributed by atoms with E-state index in [-0.39, 0.29) is 23.0 Å². The van der Waals surface area contributed by atoms with E-state index in [2.05, 4.69) is 21.0 Å². The maximum atomic E-state index is 11.6. The van der Waals surface area contributed by atoms with Crippen molar-refractivity contribution in [3.05, 3.63) is 0 Å². The molecule has 0 aliphatic carbocycles. The molecule has 0 saturated heterocycles. The highest BCUT2D eigenvalue weighted by Crippen LogP contribution is 2.13. The van der Waals surface area contributed by atoms with Crippen molar-refractivity contribution in [1.29, 1.82) is 0 Å². The molecular weight excluding hydrogens is 390 g/mol. The Morgan fingerprint density at radius 1 is 0.692 bits per heavy atom. The van der Waals surface area contributed by atoms with E-state index in [4.69, 9.17) is 4.74 Å². The lowest BCUT2D eigenvalue weighted by Crippen LogP contribution is -3.00. The Hall–Kier alpha value is -0.0900. The molecule has 0 amide bonds. The maximum absolute atomic E-state index is 11.6. The minimum atomic E-state index is -0.0714. The van der Waals surface area contributed by atoms with Gasteiger partial charge in [0.15, 0.2) is 6.54 Å². The number of likely N-dealkylation sites (N-methyl/N-ethyl adjacent to an activating group) is 1. The average Bonchev–Trinajstić information content (AvgIpc) is 2.54. The molecule has 0 N–H and O–H groups in total. The molecular formula is C22H46BrNO2. The quantitative estimate of drug-likeness (QED) is 0.188. The molecule has 0 atom stereocenters. The minimum absolute atomic E-state index is 0. The maximum Gasteiger partial charge on any atom is 0.361 e. The molecule has 0 fully saturated rings. The van der Waals surface area contributed by atoms with Gasteiger partial charge in [-0.3, -0.25) is 0 Å². The number of esters is 1. The highest BCUT2D eigenvalue weighted by atomic mass is 79.9. The number of carbonyl (C=O) groups excluding carboxylic acids is 1. The largest absolute Gasteiger partial charge is 1.00 e. The molecule has 4 heteroatoms. The van der Waals surface area contributed by atoms with Crippen LogP contribution in [0.4, 0.5) is 0 Å². The minimum Gasteiger partial charge on any atom is -1.00 e. The van der Waals surface area contributed by atoms with Crippen LogP contribution in [0.1, 0.15) is 104 Å². The zero-order valence-electron chi connectivity index (χ0n) is 18.2. The Bertz CT molecular complexity index is 309. The summed E-state index contributed by atoms with van der Waals surface area (Å²) in [6, 6.07) is 0. The first-order chi connectivity index (χ1) is 12.0. The van der Waals surface area contributed by atoms with E-state index in [0.29, 0.717) is 13.2 Å². The van der Waals surface area contributed by atoms with Crippen LogP contribution in [0, 0.1) is 0 Å². The number of halogens is 1. The van der Waals surface area contributed by atoms with Crippen molar-refractivity contribution in [3.63, 3.8) is 0 Å². The summed E-state index contributed by atoms with van der Waals surface area (Å²) in [5.41, 5.74) is 0. The van der Waals surface area contributed by atoms with E-state index in [1.54, 1.807) is 0 Å². The highest BCUT2D eigenvalue weighted by molar-refractivity contribution is 5.70. The molecule has 158 valence electrons. The second-order valence-corrected chi connectivity index (χ2v) is 8.22. The van der Waals surface area contributed by atoms with Crippen LogP contribution < -0.4 is 17.0 Å². The van der Waals surface area contributed by atoms with Crippen molar-refractivity contribution in [2.75, 3.05) is 33.8 Å². The lowest BCUT2D eigenvalue weighted by atomic mass is 10.0. The predicted octanol–water partition coefficient (Wildman–Crippen LogP) is 3.11. The number of nitrogens with zero attached hydrogens (tertiary/aromatic N) is 1. The second-order valence-electron chi connectivity index (χ2n) is 8.22. The number of quaternary nitrogens is 1. The topological polar surface area (TPSA) is 26.3 Å². The summed E-state index contributed by atoms with van der Waals surface area (Å²) in [6.07, 6.45) is 19.4. The van der Waals surface area contributed by atoms with Gasteiger partial charge in [-0.05, 0) is 19.8 Å². The number of unbranched alkanes of at least 4 members (excludes halogenated alkanes) is 13. The number of rotatable bonds is 18. The highest BCUT2D eigenvalue weighted by Gasteiger charge is 2.20. The van der Waals surface area contributed by atoms with Crippen molar-refractivity contribution in [3.8, 4) is 0 Å². The molecule has 0 aromatic carbocycles. The Balaban J connectivity index is 0. The van der Waals surface area contributed by atoms with Crippen LogP contribution >= 0.6 is 0 Å². The van der Waals surface area contributed by atoms with Crippen molar-refractivity contribution in [1.82, 2.24) is 0 Å². The summed E-state index contributed by atoms with van der Waals surface area (Å²) < 4.78 is 5.79. The molecule has 0 spiro atoms. The number of hydrogen-bond donors (Lipinski definition) is 0. The van der Waals surface area contributed by atoms with Crippen molar-refractivity contribution in [2.45, 2.75) is 104 Å². The monoisotopic (exact) mass is 435 g/mol. The predicted molar refractivity (Wildman–Crippen MR) is 109 cm³/mol. The van der Waals surface area contributed by atoms with Gasteiger partial charge in [-0.1, -0.05) is 84.0 Å². The smallest absolute Gasteiger partial charge is 0.361 e. The van der Waals surface area contributed by atoms with Gasteiger partial charge in [0.25, 0.3) is 0 Å². The zero-order chi connectivity index (χ0) is 18.8. The fourth-order valence-electron chi connectivity index (χ4n) is 3.37. The first kappa shape index (κ1) is 28.1. The van der Waals surface area contributed by atoms with Crippen LogP contribution in [0.3, 0.4) is 0 Å². The molecule has 26 heavy (non-hydrogen) atoms. The van der Waals surface area contributed by atoms with Gasteiger partial charge in [0.2, 0.25) is 0 Å². The van der Waals surface area contributed by atoms with Crippen LogP contribution in [-0.4, -0.2) is 44.2 Å². The molecule has 0 aromatic heterocycles. The summed E-state index contributed by atoms with van der Waals surface area (Å²) in [5.74, 6) is -0.0714. The normalized spacial score (nSPS) is 11.2. The molecule has 0 unspecified atom stereocenters. The lowest BCUT2D eigenvalue weighted by molar-refractivity contribution is -0.883. The summed E-state index contributed by atoms with van der Waals surface area (Å²) in [4.78, 5) is 11.6. The molecule has 0 rings (SSSR count). The number of hydrogen-bond acceptors (Lipinski definition) is 2. The molecule has 0 bridgehead atoms. The summed E-state index contributed by atoms with van der Waals surface area (Å²) in [6.45, 7) is 6.19. The van der Waals surface area contributed by atoms with Gasteiger partial charge in [-0.2, -0.15) is 0 Å². The van der Waals surface area contributed by atoms with Gasteiger partial charge < -0.3 is 26.2 Å².